The van der Waals surface area contributed by atoms with Crippen molar-refractivity contribution in [3.05, 3.63) is 52.3 Å². The summed E-state index contributed by atoms with van der Waals surface area (Å²) in [6.07, 6.45) is 4.60. The van der Waals surface area contributed by atoms with Gasteiger partial charge in [-0.3, -0.25) is 0 Å². The summed E-state index contributed by atoms with van der Waals surface area (Å²) < 4.78 is 5.09. The van der Waals surface area contributed by atoms with Gasteiger partial charge in [-0.05, 0) is 36.1 Å². The minimum atomic E-state index is -0.212. The van der Waals surface area contributed by atoms with E-state index in [0.29, 0.717) is 12.2 Å². The van der Waals surface area contributed by atoms with Crippen LogP contribution in [0.5, 0.6) is 0 Å². The van der Waals surface area contributed by atoms with E-state index in [2.05, 4.69) is 20.9 Å². The van der Waals surface area contributed by atoms with Crippen LogP contribution in [-0.4, -0.2) is 22.5 Å². The van der Waals surface area contributed by atoms with E-state index in [4.69, 9.17) is 4.74 Å². The number of fused-ring (bicyclic) bond motifs is 2. The molecule has 0 saturated carbocycles. The molecule has 1 aromatic carbocycles. The van der Waals surface area contributed by atoms with E-state index in [1.54, 1.807) is 0 Å². The number of cyclic esters (lactones) is 1. The number of aromatic nitrogens is 2. The fourth-order valence-corrected chi connectivity index (χ4v) is 2.91. The van der Waals surface area contributed by atoms with Crippen LogP contribution in [-0.2, 0) is 24.3 Å². The zero-order chi connectivity index (χ0) is 14.4. The number of carbonyl (C=O) groups excluding carboxylic acids is 1. The fraction of sp³-hybridized carbons (Fsp3) is 0.312. The van der Waals surface area contributed by atoms with E-state index >= 15 is 0 Å². The topological polar surface area (TPSA) is 55.3 Å². The summed E-state index contributed by atoms with van der Waals surface area (Å²) in [6, 6.07) is 4.09. The second kappa shape index (κ2) is 4.55. The summed E-state index contributed by atoms with van der Waals surface area (Å²) in [5, 5.41) is 0. The summed E-state index contributed by atoms with van der Waals surface area (Å²) in [6.45, 7) is 4.01. The highest BCUT2D eigenvalue weighted by Gasteiger charge is 2.26. The molecule has 0 radical (unpaired) electrons. The minimum absolute atomic E-state index is 0.212. The quantitative estimate of drug-likeness (QED) is 0.748. The molecule has 21 heavy (non-hydrogen) atoms. The molecule has 0 aliphatic carbocycles. The number of rotatable bonds is 1. The van der Waals surface area contributed by atoms with E-state index in [0.717, 1.165) is 36.6 Å². The van der Waals surface area contributed by atoms with Crippen LogP contribution in [0.3, 0.4) is 0 Å². The van der Waals surface area contributed by atoms with E-state index < -0.39 is 0 Å². The molecular weight excluding hydrogens is 266 g/mol. The van der Waals surface area contributed by atoms with Crippen LogP contribution in [0, 0.1) is 6.92 Å². The van der Waals surface area contributed by atoms with Gasteiger partial charge in [-0.2, -0.15) is 0 Å². The van der Waals surface area contributed by atoms with Gasteiger partial charge in [0.15, 0.2) is 0 Å². The first kappa shape index (κ1) is 12.3. The van der Waals surface area contributed by atoms with Crippen molar-refractivity contribution in [1.29, 1.82) is 0 Å². The van der Waals surface area contributed by atoms with Gasteiger partial charge in [-0.25, -0.2) is 14.8 Å². The SMILES string of the molecule is Cc1cnc(N2CCc3cc4c(cc3C2)C(=O)OC4)nc1. The Morgan fingerprint density at radius 2 is 1.95 bits per heavy atom. The van der Waals surface area contributed by atoms with Crippen molar-refractivity contribution in [3.63, 3.8) is 0 Å². The number of hydrogen-bond acceptors (Lipinski definition) is 5. The Kier molecular flexibility index (Phi) is 2.67. The molecule has 0 amide bonds. The molecule has 0 bridgehead atoms. The van der Waals surface area contributed by atoms with Crippen LogP contribution < -0.4 is 4.90 Å². The van der Waals surface area contributed by atoms with Crippen molar-refractivity contribution in [2.45, 2.75) is 26.5 Å². The maximum atomic E-state index is 11.7. The number of aryl methyl sites for hydroxylation is 1. The molecule has 0 fully saturated rings. The van der Waals surface area contributed by atoms with Gasteiger partial charge in [0, 0.05) is 31.0 Å². The molecule has 106 valence electrons. The number of carbonyl (C=O) groups is 1. The average Bonchev–Trinajstić information content (AvgIpc) is 2.86. The van der Waals surface area contributed by atoms with Crippen LogP contribution in [0.1, 0.15) is 32.6 Å². The zero-order valence-corrected chi connectivity index (χ0v) is 11.8. The zero-order valence-electron chi connectivity index (χ0n) is 11.8. The monoisotopic (exact) mass is 281 g/mol. The van der Waals surface area contributed by atoms with Crippen molar-refractivity contribution in [3.8, 4) is 0 Å². The first-order chi connectivity index (χ1) is 10.2. The first-order valence-corrected chi connectivity index (χ1v) is 7.06. The summed E-state index contributed by atoms with van der Waals surface area (Å²) in [7, 11) is 0. The number of benzene rings is 1. The second-order valence-corrected chi connectivity index (χ2v) is 5.59. The highest BCUT2D eigenvalue weighted by Crippen LogP contribution is 2.28. The lowest BCUT2D eigenvalue weighted by Crippen LogP contribution is -2.32. The van der Waals surface area contributed by atoms with Crippen LogP contribution in [0.2, 0.25) is 0 Å². The lowest BCUT2D eigenvalue weighted by molar-refractivity contribution is 0.0535. The Bertz CT molecular complexity index is 725. The smallest absolute Gasteiger partial charge is 0.338 e. The van der Waals surface area contributed by atoms with E-state index in [-0.39, 0.29) is 5.97 Å². The molecule has 2 aliphatic heterocycles. The van der Waals surface area contributed by atoms with Crippen molar-refractivity contribution in [2.75, 3.05) is 11.4 Å². The molecule has 0 N–H and O–H groups in total. The van der Waals surface area contributed by atoms with E-state index in [9.17, 15) is 4.79 Å². The normalized spacial score (nSPS) is 16.4. The van der Waals surface area contributed by atoms with Gasteiger partial charge in [0.05, 0.1) is 5.56 Å². The fourth-order valence-electron chi connectivity index (χ4n) is 2.91. The van der Waals surface area contributed by atoms with Gasteiger partial charge >= 0.3 is 5.97 Å². The summed E-state index contributed by atoms with van der Waals surface area (Å²) in [4.78, 5) is 22.6. The second-order valence-electron chi connectivity index (χ2n) is 5.59. The van der Waals surface area contributed by atoms with Gasteiger partial charge in [-0.15, -0.1) is 0 Å². The number of hydrogen-bond donors (Lipinski definition) is 0. The van der Waals surface area contributed by atoms with Crippen molar-refractivity contribution < 1.29 is 9.53 Å². The molecule has 0 unspecified atom stereocenters. The third-order valence-corrected chi connectivity index (χ3v) is 4.07. The summed E-state index contributed by atoms with van der Waals surface area (Å²) in [5.41, 5.74) is 5.24. The molecule has 3 heterocycles. The molecule has 0 spiro atoms. The van der Waals surface area contributed by atoms with Gasteiger partial charge < -0.3 is 9.64 Å². The predicted octanol–water partition coefficient (Wildman–Crippen LogP) is 2.02. The third-order valence-electron chi connectivity index (χ3n) is 4.07. The first-order valence-electron chi connectivity index (χ1n) is 7.06. The van der Waals surface area contributed by atoms with Crippen LogP contribution in [0.15, 0.2) is 24.5 Å². The van der Waals surface area contributed by atoms with E-state index in [1.165, 1.54) is 11.1 Å². The van der Waals surface area contributed by atoms with Gasteiger partial charge in [0.2, 0.25) is 5.95 Å². The Morgan fingerprint density at radius 1 is 1.14 bits per heavy atom. The van der Waals surface area contributed by atoms with Gasteiger partial charge in [0.25, 0.3) is 0 Å². The Hall–Kier alpha value is -2.43. The van der Waals surface area contributed by atoms with Crippen molar-refractivity contribution in [1.82, 2.24) is 9.97 Å². The lowest BCUT2D eigenvalue weighted by atomic mass is 9.94. The largest absolute Gasteiger partial charge is 0.457 e. The lowest BCUT2D eigenvalue weighted by Gasteiger charge is -2.29. The molecule has 4 rings (SSSR count). The molecule has 0 saturated heterocycles. The predicted molar refractivity (Wildman–Crippen MR) is 77.1 cm³/mol. The van der Waals surface area contributed by atoms with Crippen molar-refractivity contribution >= 4 is 11.9 Å². The van der Waals surface area contributed by atoms with Gasteiger partial charge in [-0.1, -0.05) is 6.07 Å². The van der Waals surface area contributed by atoms with Crippen LogP contribution in [0.4, 0.5) is 5.95 Å². The van der Waals surface area contributed by atoms with Crippen LogP contribution in [0.25, 0.3) is 0 Å². The van der Waals surface area contributed by atoms with Crippen LogP contribution >= 0.6 is 0 Å². The Labute approximate surface area is 122 Å². The Morgan fingerprint density at radius 3 is 2.76 bits per heavy atom. The van der Waals surface area contributed by atoms with Gasteiger partial charge in [0.1, 0.15) is 6.61 Å². The maximum absolute atomic E-state index is 11.7. The number of ether oxygens (including phenoxy) is 1. The Balaban J connectivity index is 1.67. The molecule has 5 nitrogen and oxygen atoms in total. The average molecular weight is 281 g/mol. The highest BCUT2D eigenvalue weighted by atomic mass is 16.5. The molecule has 2 aliphatic rings. The summed E-state index contributed by atoms with van der Waals surface area (Å²) in [5.74, 6) is 0.533. The third kappa shape index (κ3) is 2.05. The highest BCUT2D eigenvalue weighted by molar-refractivity contribution is 5.93. The number of nitrogens with zero attached hydrogens (tertiary/aromatic N) is 3. The number of esters is 1. The standard InChI is InChI=1S/C16H15N3O2/c1-10-6-17-16(18-7-10)19-3-2-11-4-13-9-21-15(20)14(13)5-12(11)8-19/h4-7H,2-3,8-9H2,1H3. The minimum Gasteiger partial charge on any atom is -0.457 e. The molecular formula is C16H15N3O2. The van der Waals surface area contributed by atoms with Crippen molar-refractivity contribution in [2.24, 2.45) is 0 Å². The molecule has 2 aromatic rings. The summed E-state index contributed by atoms with van der Waals surface area (Å²) >= 11 is 0. The number of anilines is 1. The van der Waals surface area contributed by atoms with E-state index in [1.807, 2.05) is 25.4 Å². The maximum Gasteiger partial charge on any atom is 0.338 e. The molecule has 1 aromatic heterocycles. The molecule has 0 atom stereocenters. The molecule has 5 heteroatoms.